The van der Waals surface area contributed by atoms with Crippen LogP contribution in [-0.4, -0.2) is 35.9 Å². The molecule has 1 unspecified atom stereocenters. The molecular formula is C12H13ClFNO4S. The molecule has 1 aliphatic heterocycles. The maximum atomic E-state index is 13.1. The lowest BCUT2D eigenvalue weighted by Crippen LogP contribution is -2.64. The van der Waals surface area contributed by atoms with E-state index in [1.54, 1.807) is 0 Å². The summed E-state index contributed by atoms with van der Waals surface area (Å²) in [4.78, 5) is 11.1. The number of hydrogen-bond acceptors (Lipinski definition) is 3. The summed E-state index contributed by atoms with van der Waals surface area (Å²) in [6.07, 6.45) is 0.248. The minimum absolute atomic E-state index is 0.117. The van der Waals surface area contributed by atoms with Gasteiger partial charge in [0, 0.05) is 11.6 Å². The highest BCUT2D eigenvalue weighted by Gasteiger charge is 2.53. The Labute approximate surface area is 121 Å². The second-order valence-electron chi connectivity index (χ2n) is 4.89. The summed E-state index contributed by atoms with van der Waals surface area (Å²) in [5.41, 5.74) is -1.31. The van der Waals surface area contributed by atoms with Crippen LogP contribution in [0.1, 0.15) is 18.9 Å². The first kappa shape index (κ1) is 15.2. The van der Waals surface area contributed by atoms with Crippen molar-refractivity contribution in [2.75, 3.05) is 6.54 Å². The van der Waals surface area contributed by atoms with E-state index in [4.69, 9.17) is 16.7 Å². The van der Waals surface area contributed by atoms with Gasteiger partial charge in [-0.1, -0.05) is 11.6 Å². The minimum atomic E-state index is -3.87. The number of halogens is 2. The summed E-state index contributed by atoms with van der Waals surface area (Å²) in [7, 11) is -3.87. The number of benzene rings is 1. The third kappa shape index (κ3) is 2.53. The van der Waals surface area contributed by atoms with E-state index in [-0.39, 0.29) is 23.6 Å². The Balaban J connectivity index is 2.29. The summed E-state index contributed by atoms with van der Waals surface area (Å²) in [5.74, 6) is -2.31. The fraction of sp³-hybridized carbons (Fsp3) is 0.417. The van der Waals surface area contributed by atoms with Gasteiger partial charge >= 0.3 is 5.97 Å². The van der Waals surface area contributed by atoms with E-state index in [0.29, 0.717) is 0 Å². The van der Waals surface area contributed by atoms with E-state index < -0.39 is 33.1 Å². The number of carbonyl (C=O) groups is 1. The average Bonchev–Trinajstić information content (AvgIpc) is 2.30. The topological polar surface area (TPSA) is 74.7 Å². The van der Waals surface area contributed by atoms with Crippen molar-refractivity contribution in [3.63, 3.8) is 0 Å². The highest BCUT2D eigenvalue weighted by molar-refractivity contribution is 7.88. The van der Waals surface area contributed by atoms with E-state index in [1.165, 1.54) is 13.0 Å². The van der Waals surface area contributed by atoms with Gasteiger partial charge in [0.2, 0.25) is 10.0 Å². The highest BCUT2D eigenvalue weighted by atomic mass is 35.5. The van der Waals surface area contributed by atoms with E-state index in [1.807, 2.05) is 0 Å². The molecule has 5 nitrogen and oxygen atoms in total. The number of carboxylic acids is 1. The Kier molecular flexibility index (Phi) is 3.79. The smallest absolute Gasteiger partial charge is 0.324 e. The number of nitrogens with zero attached hydrogens (tertiary/aromatic N) is 1. The van der Waals surface area contributed by atoms with Crippen molar-refractivity contribution in [1.82, 2.24) is 4.31 Å². The molecule has 1 N–H and O–H groups in total. The maximum Gasteiger partial charge on any atom is 0.324 e. The average molecular weight is 322 g/mol. The Morgan fingerprint density at radius 1 is 1.55 bits per heavy atom. The van der Waals surface area contributed by atoms with Crippen molar-refractivity contribution in [1.29, 1.82) is 0 Å². The molecule has 8 heteroatoms. The molecule has 1 fully saturated rings. The molecule has 0 bridgehead atoms. The Morgan fingerprint density at radius 2 is 2.20 bits per heavy atom. The maximum absolute atomic E-state index is 13.1. The van der Waals surface area contributed by atoms with Crippen LogP contribution >= 0.6 is 11.6 Å². The van der Waals surface area contributed by atoms with Crippen molar-refractivity contribution >= 4 is 27.6 Å². The van der Waals surface area contributed by atoms with Gasteiger partial charge in [0.25, 0.3) is 0 Å². The molecule has 110 valence electrons. The molecule has 1 heterocycles. The molecule has 0 spiro atoms. The number of sulfonamides is 1. The van der Waals surface area contributed by atoms with Crippen molar-refractivity contribution in [3.8, 4) is 0 Å². The Morgan fingerprint density at radius 3 is 2.70 bits per heavy atom. The van der Waals surface area contributed by atoms with Crippen molar-refractivity contribution < 1.29 is 22.7 Å². The normalized spacial score (nSPS) is 23.4. The van der Waals surface area contributed by atoms with Crippen LogP contribution in [-0.2, 0) is 20.6 Å². The molecular weight excluding hydrogens is 309 g/mol. The van der Waals surface area contributed by atoms with Crippen LogP contribution in [0.2, 0.25) is 5.02 Å². The lowest BCUT2D eigenvalue weighted by molar-refractivity contribution is -0.153. The lowest BCUT2D eigenvalue weighted by Gasteiger charge is -2.45. The second-order valence-corrected chi connectivity index (χ2v) is 7.19. The van der Waals surface area contributed by atoms with Crippen LogP contribution < -0.4 is 0 Å². The van der Waals surface area contributed by atoms with Crippen LogP contribution in [0, 0.1) is 5.82 Å². The van der Waals surface area contributed by atoms with Crippen molar-refractivity contribution in [2.24, 2.45) is 0 Å². The van der Waals surface area contributed by atoms with Crippen molar-refractivity contribution in [2.45, 2.75) is 24.6 Å². The zero-order valence-corrected chi connectivity index (χ0v) is 12.2. The zero-order chi connectivity index (χ0) is 15.1. The van der Waals surface area contributed by atoms with E-state index >= 15 is 0 Å². The number of rotatable bonds is 4. The van der Waals surface area contributed by atoms with Gasteiger partial charge in [-0.3, -0.25) is 4.79 Å². The molecule has 1 aromatic carbocycles. The first-order valence-electron chi connectivity index (χ1n) is 5.85. The van der Waals surface area contributed by atoms with Gasteiger partial charge in [-0.2, -0.15) is 4.31 Å². The molecule has 1 aromatic rings. The molecule has 1 aliphatic rings. The number of aliphatic carboxylic acids is 1. The predicted octanol–water partition coefficient (Wildman–Crippen LogP) is 1.86. The Bertz CT molecular complexity index is 663. The van der Waals surface area contributed by atoms with Gasteiger partial charge in [0.05, 0.1) is 5.75 Å². The quantitative estimate of drug-likeness (QED) is 0.918. The van der Waals surface area contributed by atoms with Crippen LogP contribution in [0.5, 0.6) is 0 Å². The van der Waals surface area contributed by atoms with Crippen LogP contribution in [0.3, 0.4) is 0 Å². The van der Waals surface area contributed by atoms with Gasteiger partial charge in [0.1, 0.15) is 11.4 Å². The van der Waals surface area contributed by atoms with Crippen LogP contribution in [0.15, 0.2) is 18.2 Å². The highest BCUT2D eigenvalue weighted by Crippen LogP contribution is 2.35. The summed E-state index contributed by atoms with van der Waals surface area (Å²) >= 11 is 5.84. The number of carboxylic acid groups (broad SMARTS) is 1. The molecule has 0 aliphatic carbocycles. The lowest BCUT2D eigenvalue weighted by atomic mass is 9.90. The summed E-state index contributed by atoms with van der Waals surface area (Å²) in [5, 5.41) is 9.23. The van der Waals surface area contributed by atoms with Gasteiger partial charge in [0.15, 0.2) is 0 Å². The third-order valence-electron chi connectivity index (χ3n) is 3.49. The standard InChI is InChI=1S/C12H13ClFNO4S/c1-12(11(16)17)4-5-15(12)20(18,19)7-8-6-9(14)2-3-10(8)13/h2-3,6H,4-5,7H2,1H3,(H,16,17). The first-order valence-corrected chi connectivity index (χ1v) is 7.83. The molecule has 0 saturated carbocycles. The van der Waals surface area contributed by atoms with Crippen LogP contribution in [0.25, 0.3) is 0 Å². The fourth-order valence-electron chi connectivity index (χ4n) is 2.13. The van der Waals surface area contributed by atoms with Gasteiger partial charge < -0.3 is 5.11 Å². The molecule has 20 heavy (non-hydrogen) atoms. The number of hydrogen-bond donors (Lipinski definition) is 1. The molecule has 0 radical (unpaired) electrons. The summed E-state index contributed by atoms with van der Waals surface area (Å²) < 4.78 is 38.6. The third-order valence-corrected chi connectivity index (χ3v) is 5.80. The van der Waals surface area contributed by atoms with E-state index in [9.17, 15) is 17.6 Å². The van der Waals surface area contributed by atoms with Gasteiger partial charge in [-0.25, -0.2) is 12.8 Å². The molecule has 1 saturated heterocycles. The predicted molar refractivity (Wildman–Crippen MR) is 71.4 cm³/mol. The van der Waals surface area contributed by atoms with Gasteiger partial charge in [-0.05, 0) is 37.1 Å². The molecule has 0 aromatic heterocycles. The first-order chi connectivity index (χ1) is 9.17. The Hall–Kier alpha value is -1.18. The summed E-state index contributed by atoms with van der Waals surface area (Å²) in [6, 6.07) is 3.44. The zero-order valence-electron chi connectivity index (χ0n) is 10.6. The summed E-state index contributed by atoms with van der Waals surface area (Å²) in [6.45, 7) is 1.49. The van der Waals surface area contributed by atoms with Gasteiger partial charge in [-0.15, -0.1) is 0 Å². The van der Waals surface area contributed by atoms with E-state index in [0.717, 1.165) is 16.4 Å². The van der Waals surface area contributed by atoms with Crippen molar-refractivity contribution in [3.05, 3.63) is 34.6 Å². The molecule has 2 rings (SSSR count). The molecule has 1 atom stereocenters. The fourth-order valence-corrected chi connectivity index (χ4v) is 4.33. The van der Waals surface area contributed by atoms with E-state index in [2.05, 4.69) is 0 Å². The monoisotopic (exact) mass is 321 g/mol. The minimum Gasteiger partial charge on any atom is -0.480 e. The second kappa shape index (κ2) is 4.98. The molecule has 0 amide bonds. The largest absolute Gasteiger partial charge is 0.480 e. The SMILES string of the molecule is CC1(C(=O)O)CCN1S(=O)(=O)Cc1cc(F)ccc1Cl. The van der Waals surface area contributed by atoms with Crippen LogP contribution in [0.4, 0.5) is 4.39 Å².